The number of aliphatic carboxylic acids is 1. The van der Waals surface area contributed by atoms with Crippen molar-refractivity contribution >= 4 is 12.0 Å². The normalized spacial score (nSPS) is 15.4. The van der Waals surface area contributed by atoms with Crippen LogP contribution in [-0.2, 0) is 11.2 Å². The molecule has 1 aliphatic rings. The van der Waals surface area contributed by atoms with E-state index in [1.54, 1.807) is 0 Å². The van der Waals surface area contributed by atoms with E-state index in [0.717, 1.165) is 17.9 Å². The van der Waals surface area contributed by atoms with E-state index in [1.165, 1.54) is 12.8 Å². The van der Waals surface area contributed by atoms with Crippen molar-refractivity contribution in [1.82, 2.24) is 10.6 Å². The summed E-state index contributed by atoms with van der Waals surface area (Å²) in [6.07, 6.45) is 3.75. The van der Waals surface area contributed by atoms with Crippen LogP contribution >= 0.6 is 0 Å². The zero-order chi connectivity index (χ0) is 14.4. The van der Waals surface area contributed by atoms with Crippen molar-refractivity contribution in [3.8, 4) is 0 Å². The molecule has 0 radical (unpaired) electrons. The molecular formula is C15H20N2O3. The lowest BCUT2D eigenvalue weighted by Gasteiger charge is -2.15. The van der Waals surface area contributed by atoms with E-state index in [4.69, 9.17) is 5.11 Å². The van der Waals surface area contributed by atoms with E-state index < -0.39 is 18.0 Å². The van der Waals surface area contributed by atoms with Gasteiger partial charge in [-0.3, -0.25) is 0 Å². The van der Waals surface area contributed by atoms with Crippen molar-refractivity contribution in [2.24, 2.45) is 5.92 Å². The Kier molecular flexibility index (Phi) is 4.98. The summed E-state index contributed by atoms with van der Waals surface area (Å²) in [5.74, 6) is -0.277. The van der Waals surface area contributed by atoms with Crippen molar-refractivity contribution in [1.29, 1.82) is 0 Å². The van der Waals surface area contributed by atoms with E-state index in [2.05, 4.69) is 10.6 Å². The summed E-state index contributed by atoms with van der Waals surface area (Å²) in [7, 11) is 0. The Bertz CT molecular complexity index is 457. The number of nitrogens with one attached hydrogen (secondary N) is 2. The van der Waals surface area contributed by atoms with Gasteiger partial charge < -0.3 is 15.7 Å². The molecule has 0 aromatic heterocycles. The first kappa shape index (κ1) is 14.4. The summed E-state index contributed by atoms with van der Waals surface area (Å²) in [5, 5.41) is 14.4. The maximum Gasteiger partial charge on any atom is 0.326 e. The Hall–Kier alpha value is -2.04. The second kappa shape index (κ2) is 6.93. The molecule has 1 fully saturated rings. The van der Waals surface area contributed by atoms with Crippen LogP contribution in [-0.4, -0.2) is 29.7 Å². The quantitative estimate of drug-likeness (QED) is 0.710. The van der Waals surface area contributed by atoms with Gasteiger partial charge in [0.05, 0.1) is 0 Å². The number of benzene rings is 1. The molecule has 1 aliphatic carbocycles. The lowest BCUT2D eigenvalue weighted by molar-refractivity contribution is -0.139. The van der Waals surface area contributed by atoms with E-state index in [1.807, 2.05) is 30.3 Å². The van der Waals surface area contributed by atoms with Gasteiger partial charge in [0.1, 0.15) is 6.04 Å². The van der Waals surface area contributed by atoms with Crippen LogP contribution in [0.1, 0.15) is 24.8 Å². The van der Waals surface area contributed by atoms with Crippen LogP contribution in [0.4, 0.5) is 4.79 Å². The monoisotopic (exact) mass is 276 g/mol. The molecule has 0 bridgehead atoms. The summed E-state index contributed by atoms with van der Waals surface area (Å²) in [4.78, 5) is 22.9. The highest BCUT2D eigenvalue weighted by Crippen LogP contribution is 2.31. The zero-order valence-electron chi connectivity index (χ0n) is 11.3. The number of amides is 2. The number of carboxylic acids is 1. The fraction of sp³-hybridized carbons (Fsp3) is 0.467. The first-order valence-corrected chi connectivity index (χ1v) is 6.96. The van der Waals surface area contributed by atoms with E-state index in [9.17, 15) is 9.59 Å². The van der Waals surface area contributed by atoms with Gasteiger partial charge in [0.25, 0.3) is 0 Å². The van der Waals surface area contributed by atoms with Gasteiger partial charge in [-0.25, -0.2) is 9.59 Å². The van der Waals surface area contributed by atoms with Gasteiger partial charge in [0.2, 0.25) is 0 Å². The van der Waals surface area contributed by atoms with Crippen molar-refractivity contribution in [3.63, 3.8) is 0 Å². The highest BCUT2D eigenvalue weighted by Gasteiger charge is 2.22. The summed E-state index contributed by atoms with van der Waals surface area (Å²) < 4.78 is 0. The molecule has 1 aromatic carbocycles. The van der Waals surface area contributed by atoms with Crippen molar-refractivity contribution in [3.05, 3.63) is 35.9 Å². The number of carbonyl (C=O) groups excluding carboxylic acids is 1. The van der Waals surface area contributed by atoms with Crippen LogP contribution in [0.15, 0.2) is 30.3 Å². The molecule has 1 unspecified atom stereocenters. The van der Waals surface area contributed by atoms with Gasteiger partial charge in [-0.05, 0) is 17.9 Å². The third kappa shape index (κ3) is 4.91. The molecule has 0 spiro atoms. The van der Waals surface area contributed by atoms with Crippen LogP contribution in [0.3, 0.4) is 0 Å². The Morgan fingerprint density at radius 3 is 2.55 bits per heavy atom. The number of rotatable bonds is 7. The fourth-order valence-electron chi connectivity index (χ4n) is 2.06. The summed E-state index contributed by atoms with van der Waals surface area (Å²) in [5.41, 5.74) is 0.887. The average molecular weight is 276 g/mol. The molecule has 2 amide bonds. The van der Waals surface area contributed by atoms with Gasteiger partial charge in [-0.2, -0.15) is 0 Å². The molecule has 0 aliphatic heterocycles. The largest absolute Gasteiger partial charge is 0.480 e. The minimum absolute atomic E-state index is 0.284. The first-order chi connectivity index (χ1) is 9.65. The third-order valence-electron chi connectivity index (χ3n) is 3.42. The lowest BCUT2D eigenvalue weighted by Crippen LogP contribution is -2.47. The third-order valence-corrected chi connectivity index (χ3v) is 3.42. The fourth-order valence-corrected chi connectivity index (χ4v) is 2.06. The highest BCUT2D eigenvalue weighted by atomic mass is 16.4. The second-order valence-corrected chi connectivity index (χ2v) is 5.21. The predicted octanol–water partition coefficient (Wildman–Crippen LogP) is 1.78. The number of carboxylic acid groups (broad SMARTS) is 1. The summed E-state index contributed by atoms with van der Waals surface area (Å²) in [6.45, 7) is 0.605. The number of urea groups is 1. The molecule has 20 heavy (non-hydrogen) atoms. The van der Waals surface area contributed by atoms with Gasteiger partial charge in [0, 0.05) is 13.0 Å². The van der Waals surface area contributed by atoms with E-state index in [0.29, 0.717) is 6.54 Å². The van der Waals surface area contributed by atoms with Crippen molar-refractivity contribution in [2.45, 2.75) is 31.7 Å². The molecule has 1 atom stereocenters. The SMILES string of the molecule is O=C(NCCC1CC1)NC(Cc1ccccc1)C(=O)O. The first-order valence-electron chi connectivity index (χ1n) is 6.96. The van der Waals surface area contributed by atoms with Gasteiger partial charge in [-0.15, -0.1) is 0 Å². The molecule has 2 rings (SSSR count). The van der Waals surface area contributed by atoms with Crippen molar-refractivity contribution < 1.29 is 14.7 Å². The average Bonchev–Trinajstić information content (AvgIpc) is 3.23. The smallest absolute Gasteiger partial charge is 0.326 e. The number of carbonyl (C=O) groups is 2. The Balaban J connectivity index is 1.78. The molecule has 1 saturated carbocycles. The van der Waals surface area contributed by atoms with E-state index >= 15 is 0 Å². The Morgan fingerprint density at radius 1 is 1.25 bits per heavy atom. The van der Waals surface area contributed by atoms with Gasteiger partial charge in [0.15, 0.2) is 0 Å². The second-order valence-electron chi connectivity index (χ2n) is 5.21. The lowest BCUT2D eigenvalue weighted by atomic mass is 10.1. The topological polar surface area (TPSA) is 78.4 Å². The highest BCUT2D eigenvalue weighted by molar-refractivity contribution is 5.82. The van der Waals surface area contributed by atoms with Crippen LogP contribution in [0.25, 0.3) is 0 Å². The minimum atomic E-state index is -1.02. The molecule has 0 heterocycles. The minimum Gasteiger partial charge on any atom is -0.480 e. The molecule has 1 aromatic rings. The molecule has 3 N–H and O–H groups in total. The molecule has 0 saturated heterocycles. The Labute approximate surface area is 118 Å². The zero-order valence-corrected chi connectivity index (χ0v) is 11.3. The maximum atomic E-state index is 11.7. The number of hydrogen-bond acceptors (Lipinski definition) is 2. The van der Waals surface area contributed by atoms with Crippen molar-refractivity contribution in [2.75, 3.05) is 6.54 Å². The predicted molar refractivity (Wildman–Crippen MR) is 75.4 cm³/mol. The molecule has 5 nitrogen and oxygen atoms in total. The van der Waals surface area contributed by atoms with Gasteiger partial charge in [-0.1, -0.05) is 43.2 Å². The summed E-state index contributed by atoms with van der Waals surface area (Å²) in [6, 6.07) is 7.96. The maximum absolute atomic E-state index is 11.7. The van der Waals surface area contributed by atoms with E-state index in [-0.39, 0.29) is 6.42 Å². The molecule has 108 valence electrons. The summed E-state index contributed by atoms with van der Waals surface area (Å²) >= 11 is 0. The van der Waals surface area contributed by atoms with Crippen LogP contribution < -0.4 is 10.6 Å². The van der Waals surface area contributed by atoms with Crippen LogP contribution in [0, 0.1) is 5.92 Å². The van der Waals surface area contributed by atoms with Crippen LogP contribution in [0.5, 0.6) is 0 Å². The standard InChI is InChI=1S/C15H20N2O3/c18-14(19)13(10-12-4-2-1-3-5-12)17-15(20)16-9-8-11-6-7-11/h1-5,11,13H,6-10H2,(H,18,19)(H2,16,17,20). The van der Waals surface area contributed by atoms with Crippen LogP contribution in [0.2, 0.25) is 0 Å². The van der Waals surface area contributed by atoms with Gasteiger partial charge >= 0.3 is 12.0 Å². The molecule has 5 heteroatoms. The number of hydrogen-bond donors (Lipinski definition) is 3. The Morgan fingerprint density at radius 2 is 1.95 bits per heavy atom. The molecular weight excluding hydrogens is 256 g/mol.